The number of carbonyl (C=O) groups excluding carboxylic acids is 1. The highest BCUT2D eigenvalue weighted by Crippen LogP contribution is 2.28. The maximum atomic E-state index is 12.5. The SMILES string of the molecule is Cc1nsc(N(C)C(=O)C2CCCCCN2)c1C(=O)O. The maximum Gasteiger partial charge on any atom is 0.340 e. The molecular formula is C13H19N3O3S. The number of amides is 1. The van der Waals surface area contributed by atoms with Crippen molar-refractivity contribution in [2.24, 2.45) is 0 Å². The van der Waals surface area contributed by atoms with E-state index in [9.17, 15) is 14.7 Å². The van der Waals surface area contributed by atoms with Crippen molar-refractivity contribution < 1.29 is 14.7 Å². The van der Waals surface area contributed by atoms with Crippen LogP contribution in [0.3, 0.4) is 0 Å². The number of nitrogens with zero attached hydrogens (tertiary/aromatic N) is 2. The number of rotatable bonds is 3. The molecule has 1 atom stereocenters. The van der Waals surface area contributed by atoms with Crippen molar-refractivity contribution in [3.8, 4) is 0 Å². The van der Waals surface area contributed by atoms with Crippen LogP contribution in [-0.4, -0.2) is 41.0 Å². The molecule has 1 aromatic heterocycles. The Morgan fingerprint density at radius 3 is 2.85 bits per heavy atom. The first-order valence-electron chi connectivity index (χ1n) is 6.73. The van der Waals surface area contributed by atoms with Crippen molar-refractivity contribution in [1.82, 2.24) is 9.69 Å². The van der Waals surface area contributed by atoms with Gasteiger partial charge in [0.2, 0.25) is 5.91 Å². The molecule has 1 fully saturated rings. The van der Waals surface area contributed by atoms with Crippen LogP contribution in [0, 0.1) is 6.92 Å². The number of carbonyl (C=O) groups is 2. The Bertz CT molecular complexity index is 507. The molecule has 110 valence electrons. The van der Waals surface area contributed by atoms with Gasteiger partial charge >= 0.3 is 5.97 Å². The molecule has 0 aromatic carbocycles. The zero-order valence-corrected chi connectivity index (χ0v) is 12.5. The zero-order valence-electron chi connectivity index (χ0n) is 11.7. The lowest BCUT2D eigenvalue weighted by Gasteiger charge is -2.22. The molecule has 2 N–H and O–H groups in total. The van der Waals surface area contributed by atoms with Crippen LogP contribution in [0.15, 0.2) is 0 Å². The molecule has 1 aliphatic heterocycles. The van der Waals surface area contributed by atoms with Gasteiger partial charge in [-0.1, -0.05) is 12.8 Å². The molecule has 1 saturated heterocycles. The standard InChI is InChI=1S/C13H19N3O3S/c1-8-10(13(18)19)12(20-15-8)16(2)11(17)9-6-4-3-5-7-14-9/h9,14H,3-7H2,1-2H3,(H,18,19). The van der Waals surface area contributed by atoms with Gasteiger partial charge in [-0.15, -0.1) is 0 Å². The van der Waals surface area contributed by atoms with Gasteiger partial charge in [-0.3, -0.25) is 4.79 Å². The van der Waals surface area contributed by atoms with Gasteiger partial charge in [0, 0.05) is 7.05 Å². The molecule has 0 spiro atoms. The summed E-state index contributed by atoms with van der Waals surface area (Å²) in [7, 11) is 1.62. The summed E-state index contributed by atoms with van der Waals surface area (Å²) in [4.78, 5) is 25.2. The Kier molecular flexibility index (Phi) is 4.72. The third-order valence-corrected chi connectivity index (χ3v) is 4.57. The van der Waals surface area contributed by atoms with Crippen molar-refractivity contribution in [3.05, 3.63) is 11.3 Å². The van der Waals surface area contributed by atoms with E-state index >= 15 is 0 Å². The highest BCUT2D eigenvalue weighted by Gasteiger charge is 2.28. The van der Waals surface area contributed by atoms with Crippen LogP contribution in [0.2, 0.25) is 0 Å². The van der Waals surface area contributed by atoms with Crippen LogP contribution in [0.25, 0.3) is 0 Å². The van der Waals surface area contributed by atoms with Gasteiger partial charge < -0.3 is 15.3 Å². The fourth-order valence-electron chi connectivity index (χ4n) is 2.41. The fourth-order valence-corrected chi connectivity index (χ4v) is 3.26. The summed E-state index contributed by atoms with van der Waals surface area (Å²) in [6.45, 7) is 2.48. The van der Waals surface area contributed by atoms with Gasteiger partial charge in [0.1, 0.15) is 10.6 Å². The lowest BCUT2D eigenvalue weighted by Crippen LogP contribution is -2.44. The number of aromatic carboxylic acids is 1. The average Bonchev–Trinajstić information content (AvgIpc) is 2.64. The van der Waals surface area contributed by atoms with Crippen molar-refractivity contribution in [2.45, 2.75) is 38.6 Å². The van der Waals surface area contributed by atoms with Crippen LogP contribution in [0.1, 0.15) is 41.7 Å². The molecule has 1 aliphatic rings. The third-order valence-electron chi connectivity index (χ3n) is 3.55. The van der Waals surface area contributed by atoms with Crippen LogP contribution in [0.4, 0.5) is 5.00 Å². The second-order valence-corrected chi connectivity index (χ2v) is 5.76. The molecule has 6 nitrogen and oxygen atoms in total. The van der Waals surface area contributed by atoms with Crippen molar-refractivity contribution in [1.29, 1.82) is 0 Å². The first kappa shape index (κ1) is 14.9. The Morgan fingerprint density at radius 2 is 2.15 bits per heavy atom. The second kappa shape index (κ2) is 6.32. The number of hydrogen-bond donors (Lipinski definition) is 2. The lowest BCUT2D eigenvalue weighted by molar-refractivity contribution is -0.120. The second-order valence-electron chi connectivity index (χ2n) is 5.01. The molecule has 0 radical (unpaired) electrons. The molecule has 0 saturated carbocycles. The molecule has 1 aromatic rings. The summed E-state index contributed by atoms with van der Waals surface area (Å²) < 4.78 is 4.05. The maximum absolute atomic E-state index is 12.5. The largest absolute Gasteiger partial charge is 0.478 e. The van der Waals surface area contributed by atoms with Crippen molar-refractivity contribution in [2.75, 3.05) is 18.5 Å². The highest BCUT2D eigenvalue weighted by molar-refractivity contribution is 7.11. The molecule has 0 aliphatic carbocycles. The van der Waals surface area contributed by atoms with Crippen LogP contribution < -0.4 is 10.2 Å². The van der Waals surface area contributed by atoms with Crippen LogP contribution in [0.5, 0.6) is 0 Å². The number of hydrogen-bond acceptors (Lipinski definition) is 5. The molecule has 7 heteroatoms. The van der Waals surface area contributed by atoms with E-state index in [0.717, 1.165) is 43.8 Å². The quantitative estimate of drug-likeness (QED) is 0.886. The fraction of sp³-hybridized carbons (Fsp3) is 0.615. The molecule has 2 rings (SSSR count). The minimum Gasteiger partial charge on any atom is -0.478 e. The van der Waals surface area contributed by atoms with Crippen molar-refractivity contribution in [3.63, 3.8) is 0 Å². The van der Waals surface area contributed by atoms with Gasteiger partial charge in [-0.25, -0.2) is 4.79 Å². The number of likely N-dealkylation sites (N-methyl/N-ethyl adjacent to an activating group) is 1. The normalized spacial score (nSPS) is 19.4. The minimum absolute atomic E-state index is 0.0851. The summed E-state index contributed by atoms with van der Waals surface area (Å²) in [5, 5.41) is 12.9. The van der Waals surface area contributed by atoms with E-state index in [-0.39, 0.29) is 17.5 Å². The molecule has 1 unspecified atom stereocenters. The summed E-state index contributed by atoms with van der Waals surface area (Å²) >= 11 is 1.06. The zero-order chi connectivity index (χ0) is 14.7. The summed E-state index contributed by atoms with van der Waals surface area (Å²) in [6, 6.07) is -0.230. The van der Waals surface area contributed by atoms with E-state index in [1.54, 1.807) is 14.0 Å². The number of anilines is 1. The minimum atomic E-state index is -1.04. The van der Waals surface area contributed by atoms with Gasteiger partial charge in [-0.05, 0) is 37.8 Å². The van der Waals surface area contributed by atoms with Crippen LogP contribution in [-0.2, 0) is 4.79 Å². The van der Waals surface area contributed by atoms with E-state index < -0.39 is 5.97 Å². The highest BCUT2D eigenvalue weighted by atomic mass is 32.1. The summed E-state index contributed by atoms with van der Waals surface area (Å²) in [6.07, 6.45) is 4.02. The number of nitrogens with one attached hydrogen (secondary N) is 1. The third kappa shape index (κ3) is 2.99. The van der Waals surface area contributed by atoms with E-state index in [0.29, 0.717) is 10.7 Å². The van der Waals surface area contributed by atoms with Gasteiger partial charge in [-0.2, -0.15) is 4.37 Å². The Hall–Kier alpha value is -1.47. The van der Waals surface area contributed by atoms with Crippen molar-refractivity contribution >= 4 is 28.4 Å². The number of carboxylic acid groups (broad SMARTS) is 1. The number of carboxylic acids is 1. The smallest absolute Gasteiger partial charge is 0.340 e. The van der Waals surface area contributed by atoms with Gasteiger partial charge in [0.05, 0.1) is 11.7 Å². The van der Waals surface area contributed by atoms with Gasteiger partial charge in [0.25, 0.3) is 0 Å². The summed E-state index contributed by atoms with van der Waals surface area (Å²) in [5.41, 5.74) is 0.574. The topological polar surface area (TPSA) is 82.5 Å². The first-order chi connectivity index (χ1) is 9.52. The van der Waals surface area contributed by atoms with E-state index in [4.69, 9.17) is 0 Å². The Morgan fingerprint density at radius 1 is 1.40 bits per heavy atom. The Balaban J connectivity index is 2.20. The molecule has 0 bridgehead atoms. The molecule has 1 amide bonds. The van der Waals surface area contributed by atoms with E-state index in [1.807, 2.05) is 0 Å². The Labute approximate surface area is 122 Å². The number of aryl methyl sites for hydroxylation is 1. The van der Waals surface area contributed by atoms with E-state index in [2.05, 4.69) is 9.69 Å². The lowest BCUT2D eigenvalue weighted by atomic mass is 10.1. The predicted octanol–water partition coefficient (Wildman–Crippen LogP) is 1.64. The number of aromatic nitrogens is 1. The first-order valence-corrected chi connectivity index (χ1v) is 7.50. The molecule has 20 heavy (non-hydrogen) atoms. The summed E-state index contributed by atoms with van der Waals surface area (Å²) in [5.74, 6) is -1.13. The monoisotopic (exact) mass is 297 g/mol. The van der Waals surface area contributed by atoms with Crippen LogP contribution >= 0.6 is 11.5 Å². The molecular weight excluding hydrogens is 278 g/mol. The van der Waals surface area contributed by atoms with Gasteiger partial charge in [0.15, 0.2) is 0 Å². The van der Waals surface area contributed by atoms with E-state index in [1.165, 1.54) is 4.90 Å². The average molecular weight is 297 g/mol. The molecule has 2 heterocycles. The predicted molar refractivity (Wildman–Crippen MR) is 77.5 cm³/mol.